The summed E-state index contributed by atoms with van der Waals surface area (Å²) in [5.41, 5.74) is 1.12. The number of rotatable bonds is 8. The second-order valence-electron chi connectivity index (χ2n) is 4.82. The fourth-order valence-electron chi connectivity index (χ4n) is 1.66. The lowest BCUT2D eigenvalue weighted by Crippen LogP contribution is -2.37. The molecule has 0 aliphatic rings. The van der Waals surface area contributed by atoms with E-state index in [0.29, 0.717) is 13.1 Å². The fraction of sp³-hybridized carbons (Fsp3) is 0.533. The number of ether oxygens (including phenoxy) is 1. The number of hydrogen-bond donors (Lipinski definition) is 2. The van der Waals surface area contributed by atoms with Crippen molar-refractivity contribution >= 4 is 5.91 Å². The first kappa shape index (κ1) is 15.5. The maximum Gasteiger partial charge on any atom is 0.234 e. The largest absolute Gasteiger partial charge is 0.494 e. The van der Waals surface area contributed by atoms with Gasteiger partial charge in [0.2, 0.25) is 5.91 Å². The number of nitrogens with one attached hydrogen (secondary N) is 2. The predicted octanol–water partition coefficient (Wildman–Crippen LogP) is 2.09. The van der Waals surface area contributed by atoms with E-state index in [1.165, 1.54) is 0 Å². The number of carbonyl (C=O) groups is 1. The monoisotopic (exact) mass is 264 g/mol. The minimum absolute atomic E-state index is 0.0217. The highest BCUT2D eigenvalue weighted by molar-refractivity contribution is 5.78. The van der Waals surface area contributed by atoms with E-state index >= 15 is 0 Å². The fourth-order valence-corrected chi connectivity index (χ4v) is 1.66. The van der Waals surface area contributed by atoms with Crippen molar-refractivity contribution < 1.29 is 9.53 Å². The third-order valence-electron chi connectivity index (χ3n) is 2.44. The molecule has 0 unspecified atom stereocenters. The van der Waals surface area contributed by atoms with E-state index in [-0.39, 0.29) is 11.9 Å². The summed E-state index contributed by atoms with van der Waals surface area (Å²) in [6.07, 6.45) is 0.998. The maximum atomic E-state index is 11.5. The zero-order valence-corrected chi connectivity index (χ0v) is 12.0. The van der Waals surface area contributed by atoms with E-state index in [1.54, 1.807) is 0 Å². The van der Waals surface area contributed by atoms with Gasteiger partial charge < -0.3 is 15.4 Å². The van der Waals surface area contributed by atoms with Gasteiger partial charge in [-0.1, -0.05) is 19.1 Å². The van der Waals surface area contributed by atoms with Gasteiger partial charge in [-0.3, -0.25) is 4.79 Å². The Morgan fingerprint density at radius 3 is 2.84 bits per heavy atom. The van der Waals surface area contributed by atoms with Crippen molar-refractivity contribution in [1.82, 2.24) is 10.6 Å². The van der Waals surface area contributed by atoms with E-state index in [9.17, 15) is 4.79 Å². The van der Waals surface area contributed by atoms with Crippen molar-refractivity contribution in [3.63, 3.8) is 0 Å². The molecule has 0 saturated carbocycles. The lowest BCUT2D eigenvalue weighted by atomic mass is 10.2. The van der Waals surface area contributed by atoms with Crippen LogP contribution >= 0.6 is 0 Å². The van der Waals surface area contributed by atoms with Crippen LogP contribution < -0.4 is 15.4 Å². The molecule has 1 amide bonds. The summed E-state index contributed by atoms with van der Waals surface area (Å²) in [4.78, 5) is 11.5. The molecule has 0 spiro atoms. The van der Waals surface area contributed by atoms with Crippen molar-refractivity contribution in [3.8, 4) is 5.75 Å². The summed E-state index contributed by atoms with van der Waals surface area (Å²) < 4.78 is 5.57. The van der Waals surface area contributed by atoms with Crippen molar-refractivity contribution in [3.05, 3.63) is 29.8 Å². The minimum atomic E-state index is 0.0217. The van der Waals surface area contributed by atoms with Crippen LogP contribution in [0.4, 0.5) is 0 Å². The molecule has 0 aromatic heterocycles. The minimum Gasteiger partial charge on any atom is -0.494 e. The molecule has 0 radical (unpaired) electrons. The number of benzene rings is 1. The molecule has 0 aliphatic carbocycles. The summed E-state index contributed by atoms with van der Waals surface area (Å²) in [5, 5.41) is 5.96. The lowest BCUT2D eigenvalue weighted by Gasteiger charge is -2.10. The van der Waals surface area contributed by atoms with Gasteiger partial charge in [-0.05, 0) is 38.0 Å². The Bertz CT molecular complexity index is 391. The van der Waals surface area contributed by atoms with Gasteiger partial charge in [0.1, 0.15) is 5.75 Å². The second kappa shape index (κ2) is 8.53. The van der Waals surface area contributed by atoms with Gasteiger partial charge in [0, 0.05) is 12.6 Å². The maximum absolute atomic E-state index is 11.5. The first-order valence-electron chi connectivity index (χ1n) is 6.83. The van der Waals surface area contributed by atoms with Crippen molar-refractivity contribution in [2.24, 2.45) is 0 Å². The first-order chi connectivity index (χ1) is 9.11. The molecule has 0 aliphatic heterocycles. The first-order valence-corrected chi connectivity index (χ1v) is 6.83. The normalized spacial score (nSPS) is 10.5. The topological polar surface area (TPSA) is 50.4 Å². The van der Waals surface area contributed by atoms with Crippen molar-refractivity contribution in [2.45, 2.75) is 39.8 Å². The molecule has 106 valence electrons. The molecule has 2 N–H and O–H groups in total. The Labute approximate surface area is 115 Å². The molecule has 4 nitrogen and oxygen atoms in total. The number of hydrogen-bond acceptors (Lipinski definition) is 3. The van der Waals surface area contributed by atoms with Crippen molar-refractivity contribution in [1.29, 1.82) is 0 Å². The van der Waals surface area contributed by atoms with E-state index in [2.05, 4.69) is 17.6 Å². The van der Waals surface area contributed by atoms with Gasteiger partial charge >= 0.3 is 0 Å². The molecular weight excluding hydrogens is 240 g/mol. The highest BCUT2D eigenvalue weighted by Crippen LogP contribution is 2.13. The van der Waals surface area contributed by atoms with Crippen LogP contribution in [0, 0.1) is 0 Å². The molecule has 0 heterocycles. The molecule has 4 heteroatoms. The van der Waals surface area contributed by atoms with Gasteiger partial charge in [0.25, 0.3) is 0 Å². The third kappa shape index (κ3) is 6.82. The average molecular weight is 264 g/mol. The van der Waals surface area contributed by atoms with Crippen LogP contribution in [-0.2, 0) is 11.3 Å². The SMILES string of the molecule is CCCOc1cccc(CNCC(=O)NC(C)C)c1. The summed E-state index contributed by atoms with van der Waals surface area (Å²) >= 11 is 0. The van der Waals surface area contributed by atoms with Gasteiger partial charge in [-0.2, -0.15) is 0 Å². The van der Waals surface area contributed by atoms with Gasteiger partial charge in [-0.25, -0.2) is 0 Å². The van der Waals surface area contributed by atoms with Crippen LogP contribution in [0.5, 0.6) is 5.75 Å². The molecule has 0 saturated heterocycles. The summed E-state index contributed by atoms with van der Waals surface area (Å²) in [6.45, 7) is 7.71. The predicted molar refractivity (Wildman–Crippen MR) is 77.2 cm³/mol. The standard InChI is InChI=1S/C15H24N2O2/c1-4-8-19-14-7-5-6-13(9-14)10-16-11-15(18)17-12(2)3/h5-7,9,12,16H,4,8,10-11H2,1-3H3,(H,17,18). The van der Waals surface area contributed by atoms with E-state index in [1.807, 2.05) is 38.1 Å². The van der Waals surface area contributed by atoms with Crippen LogP contribution in [-0.4, -0.2) is 25.1 Å². The highest BCUT2D eigenvalue weighted by atomic mass is 16.5. The van der Waals surface area contributed by atoms with Gasteiger partial charge in [-0.15, -0.1) is 0 Å². The van der Waals surface area contributed by atoms with Gasteiger partial charge in [0.15, 0.2) is 0 Å². The Kier molecular flexibility index (Phi) is 6.97. The zero-order chi connectivity index (χ0) is 14.1. The average Bonchev–Trinajstić information content (AvgIpc) is 2.36. The molecule has 0 fully saturated rings. The molecule has 0 atom stereocenters. The molecule has 1 rings (SSSR count). The molecular formula is C15H24N2O2. The third-order valence-corrected chi connectivity index (χ3v) is 2.44. The van der Waals surface area contributed by atoms with Crippen LogP contribution in [0.25, 0.3) is 0 Å². The summed E-state index contributed by atoms with van der Waals surface area (Å²) in [6, 6.07) is 8.12. The quantitative estimate of drug-likeness (QED) is 0.756. The highest BCUT2D eigenvalue weighted by Gasteiger charge is 2.02. The smallest absolute Gasteiger partial charge is 0.234 e. The summed E-state index contributed by atoms with van der Waals surface area (Å²) in [7, 11) is 0. The Morgan fingerprint density at radius 2 is 2.16 bits per heavy atom. The van der Waals surface area contributed by atoms with E-state index in [0.717, 1.165) is 24.3 Å². The molecule has 0 bridgehead atoms. The zero-order valence-electron chi connectivity index (χ0n) is 12.0. The molecule has 1 aromatic rings. The molecule has 19 heavy (non-hydrogen) atoms. The van der Waals surface area contributed by atoms with Crippen molar-refractivity contribution in [2.75, 3.05) is 13.2 Å². The Morgan fingerprint density at radius 1 is 1.37 bits per heavy atom. The van der Waals surface area contributed by atoms with E-state index < -0.39 is 0 Å². The Hall–Kier alpha value is -1.55. The van der Waals surface area contributed by atoms with E-state index in [4.69, 9.17) is 4.74 Å². The van der Waals surface area contributed by atoms with Crippen LogP contribution in [0.2, 0.25) is 0 Å². The van der Waals surface area contributed by atoms with Crippen LogP contribution in [0.15, 0.2) is 24.3 Å². The van der Waals surface area contributed by atoms with Crippen LogP contribution in [0.1, 0.15) is 32.8 Å². The second-order valence-corrected chi connectivity index (χ2v) is 4.82. The van der Waals surface area contributed by atoms with Gasteiger partial charge in [0.05, 0.1) is 13.2 Å². The molecule has 1 aromatic carbocycles. The number of amides is 1. The van der Waals surface area contributed by atoms with Crippen LogP contribution in [0.3, 0.4) is 0 Å². The summed E-state index contributed by atoms with van der Waals surface area (Å²) in [5.74, 6) is 0.904. The Balaban J connectivity index is 2.34. The lowest BCUT2D eigenvalue weighted by molar-refractivity contribution is -0.120. The number of carbonyl (C=O) groups excluding carboxylic acids is 1.